The Morgan fingerprint density at radius 3 is 1.82 bits per heavy atom. The maximum absolute atomic E-state index is 12.2. The van der Waals surface area contributed by atoms with Gasteiger partial charge in [-0.25, -0.2) is 0 Å². The van der Waals surface area contributed by atoms with Crippen molar-refractivity contribution in [1.29, 1.82) is 0 Å². The van der Waals surface area contributed by atoms with Crippen molar-refractivity contribution >= 4 is 11.6 Å². The number of Topliss-reactive ketones (excluding diaryl/α,β-unsaturated/α-hetero) is 2. The summed E-state index contributed by atoms with van der Waals surface area (Å²) in [4.78, 5) is 24.3. The molecule has 0 aliphatic heterocycles. The molecule has 0 amide bonds. The summed E-state index contributed by atoms with van der Waals surface area (Å²) in [7, 11) is 0. The molecular weight excluding hydrogens is 272 g/mol. The van der Waals surface area contributed by atoms with Gasteiger partial charge < -0.3 is 0 Å². The van der Waals surface area contributed by atoms with E-state index in [-0.39, 0.29) is 18.0 Å². The Bertz CT molecular complexity index is 636. The monoisotopic (exact) mass is 294 g/mol. The fraction of sp³-hybridized carbons (Fsp3) is 0.300. The van der Waals surface area contributed by atoms with Gasteiger partial charge >= 0.3 is 0 Å². The molecule has 2 rings (SSSR count). The van der Waals surface area contributed by atoms with Crippen LogP contribution in [0.4, 0.5) is 0 Å². The average molecular weight is 294 g/mol. The second kappa shape index (κ2) is 7.69. The molecular formula is C20H22O2. The van der Waals surface area contributed by atoms with E-state index < -0.39 is 0 Å². The summed E-state index contributed by atoms with van der Waals surface area (Å²) in [5.41, 5.74) is 3.55. The lowest BCUT2D eigenvalue weighted by Gasteiger charge is -2.04. The number of benzene rings is 2. The Hall–Kier alpha value is -2.22. The molecule has 0 N–H and O–H groups in total. The zero-order chi connectivity index (χ0) is 15.9. The van der Waals surface area contributed by atoms with Crippen LogP contribution >= 0.6 is 0 Å². The Kier molecular flexibility index (Phi) is 5.65. The summed E-state index contributed by atoms with van der Waals surface area (Å²) in [6.07, 6.45) is 3.27. The number of ketones is 2. The first-order valence-corrected chi connectivity index (χ1v) is 7.82. The van der Waals surface area contributed by atoms with Crippen molar-refractivity contribution in [3.8, 4) is 0 Å². The van der Waals surface area contributed by atoms with E-state index in [0.717, 1.165) is 24.8 Å². The summed E-state index contributed by atoms with van der Waals surface area (Å²) in [5.74, 6) is -0.243. The number of unbranched alkanes of at least 4 members (excludes halogenated alkanes) is 1. The van der Waals surface area contributed by atoms with Gasteiger partial charge in [0.25, 0.3) is 0 Å². The zero-order valence-electron chi connectivity index (χ0n) is 13.3. The second-order valence-electron chi connectivity index (χ2n) is 5.69. The molecule has 0 heterocycles. The van der Waals surface area contributed by atoms with Crippen molar-refractivity contribution in [3.63, 3.8) is 0 Å². The number of hydrogen-bond acceptors (Lipinski definition) is 2. The predicted molar refractivity (Wildman–Crippen MR) is 89.5 cm³/mol. The fourth-order valence-electron chi connectivity index (χ4n) is 2.33. The van der Waals surface area contributed by atoms with Crippen LogP contribution < -0.4 is 0 Å². The highest BCUT2D eigenvalue weighted by Gasteiger charge is 2.13. The third-order valence-electron chi connectivity index (χ3n) is 3.79. The maximum Gasteiger partial charge on any atom is 0.170 e. The molecule has 2 heteroatoms. The third kappa shape index (κ3) is 4.39. The van der Waals surface area contributed by atoms with Gasteiger partial charge in [0.05, 0.1) is 6.42 Å². The Morgan fingerprint density at radius 1 is 0.818 bits per heavy atom. The highest BCUT2D eigenvalue weighted by Crippen LogP contribution is 2.12. The number of carbonyl (C=O) groups excluding carboxylic acids is 2. The van der Waals surface area contributed by atoms with Gasteiger partial charge in [-0.1, -0.05) is 67.4 Å². The van der Waals surface area contributed by atoms with Crippen LogP contribution in [0.1, 0.15) is 58.0 Å². The van der Waals surface area contributed by atoms with Crippen molar-refractivity contribution in [2.45, 2.75) is 39.5 Å². The standard InChI is InChI=1S/C20H22O2/c1-3-4-5-16-8-12-18(13-9-16)20(22)14-19(21)17-10-6-15(2)7-11-17/h6-13H,3-5,14H2,1-2H3. The van der Waals surface area contributed by atoms with Gasteiger partial charge in [0, 0.05) is 11.1 Å². The molecule has 2 aromatic carbocycles. The van der Waals surface area contributed by atoms with Crippen LogP contribution in [0.25, 0.3) is 0 Å². The fourth-order valence-corrected chi connectivity index (χ4v) is 2.33. The quantitative estimate of drug-likeness (QED) is 0.543. The van der Waals surface area contributed by atoms with E-state index >= 15 is 0 Å². The van der Waals surface area contributed by atoms with E-state index in [1.807, 2.05) is 43.3 Å². The molecule has 0 aliphatic rings. The van der Waals surface area contributed by atoms with Crippen molar-refractivity contribution in [2.75, 3.05) is 0 Å². The minimum Gasteiger partial charge on any atom is -0.294 e. The van der Waals surface area contributed by atoms with Crippen LogP contribution in [-0.2, 0) is 6.42 Å². The number of carbonyl (C=O) groups is 2. The predicted octanol–water partition coefficient (Wildman–Crippen LogP) is 4.79. The Balaban J connectivity index is 1.99. The van der Waals surface area contributed by atoms with Crippen LogP contribution in [0.15, 0.2) is 48.5 Å². The van der Waals surface area contributed by atoms with E-state index in [4.69, 9.17) is 0 Å². The van der Waals surface area contributed by atoms with Crippen LogP contribution in [0.3, 0.4) is 0 Å². The molecule has 2 nitrogen and oxygen atoms in total. The van der Waals surface area contributed by atoms with Gasteiger partial charge in [-0.3, -0.25) is 9.59 Å². The first-order valence-electron chi connectivity index (χ1n) is 7.82. The normalized spacial score (nSPS) is 10.5. The molecule has 0 fully saturated rings. The maximum atomic E-state index is 12.2. The molecule has 0 radical (unpaired) electrons. The molecule has 0 saturated carbocycles. The molecule has 2 aromatic rings. The van der Waals surface area contributed by atoms with Gasteiger partial charge in [0.15, 0.2) is 11.6 Å². The summed E-state index contributed by atoms with van der Waals surface area (Å²) in [5, 5.41) is 0. The zero-order valence-corrected chi connectivity index (χ0v) is 13.3. The van der Waals surface area contributed by atoms with E-state index in [1.54, 1.807) is 12.1 Å². The van der Waals surface area contributed by atoms with Crippen molar-refractivity contribution < 1.29 is 9.59 Å². The molecule has 114 valence electrons. The minimum atomic E-state index is -0.125. The molecule has 0 aliphatic carbocycles. The molecule has 22 heavy (non-hydrogen) atoms. The van der Waals surface area contributed by atoms with Gasteiger partial charge in [-0.15, -0.1) is 0 Å². The Morgan fingerprint density at radius 2 is 1.32 bits per heavy atom. The number of aryl methyl sites for hydroxylation is 2. The third-order valence-corrected chi connectivity index (χ3v) is 3.79. The van der Waals surface area contributed by atoms with Gasteiger partial charge in [0.1, 0.15) is 0 Å². The summed E-state index contributed by atoms with van der Waals surface area (Å²) < 4.78 is 0. The largest absolute Gasteiger partial charge is 0.294 e. The lowest BCUT2D eigenvalue weighted by atomic mass is 9.99. The van der Waals surface area contributed by atoms with Crippen LogP contribution in [0.2, 0.25) is 0 Å². The molecule has 0 spiro atoms. The second-order valence-corrected chi connectivity index (χ2v) is 5.69. The lowest BCUT2D eigenvalue weighted by molar-refractivity contribution is 0.0894. The number of rotatable bonds is 7. The highest BCUT2D eigenvalue weighted by atomic mass is 16.1. The van der Waals surface area contributed by atoms with Crippen molar-refractivity contribution in [1.82, 2.24) is 0 Å². The molecule has 0 bridgehead atoms. The first kappa shape index (κ1) is 16.2. The van der Waals surface area contributed by atoms with E-state index in [2.05, 4.69) is 6.92 Å². The van der Waals surface area contributed by atoms with Crippen LogP contribution in [-0.4, -0.2) is 11.6 Å². The van der Waals surface area contributed by atoms with Crippen LogP contribution in [0, 0.1) is 6.92 Å². The van der Waals surface area contributed by atoms with Gasteiger partial charge in [-0.05, 0) is 25.3 Å². The molecule has 0 atom stereocenters. The number of hydrogen-bond donors (Lipinski definition) is 0. The van der Waals surface area contributed by atoms with E-state index in [1.165, 1.54) is 5.56 Å². The van der Waals surface area contributed by atoms with Crippen molar-refractivity contribution in [2.24, 2.45) is 0 Å². The SMILES string of the molecule is CCCCc1ccc(C(=O)CC(=O)c2ccc(C)cc2)cc1. The van der Waals surface area contributed by atoms with Crippen LogP contribution in [0.5, 0.6) is 0 Å². The summed E-state index contributed by atoms with van der Waals surface area (Å²) >= 11 is 0. The summed E-state index contributed by atoms with van der Waals surface area (Å²) in [6, 6.07) is 15.0. The molecule has 0 unspecified atom stereocenters. The average Bonchev–Trinajstić information content (AvgIpc) is 2.54. The van der Waals surface area contributed by atoms with Gasteiger partial charge in [-0.2, -0.15) is 0 Å². The smallest absolute Gasteiger partial charge is 0.170 e. The van der Waals surface area contributed by atoms with E-state index in [0.29, 0.717) is 11.1 Å². The first-order chi connectivity index (χ1) is 10.6. The highest BCUT2D eigenvalue weighted by molar-refractivity contribution is 6.13. The van der Waals surface area contributed by atoms with Gasteiger partial charge in [0.2, 0.25) is 0 Å². The minimum absolute atomic E-state index is 0.0721. The Labute approximate surface area is 132 Å². The molecule has 0 aromatic heterocycles. The molecule has 0 saturated heterocycles. The topological polar surface area (TPSA) is 34.1 Å². The van der Waals surface area contributed by atoms with E-state index in [9.17, 15) is 9.59 Å². The lowest BCUT2D eigenvalue weighted by Crippen LogP contribution is -2.08. The summed E-state index contributed by atoms with van der Waals surface area (Å²) in [6.45, 7) is 4.13. The van der Waals surface area contributed by atoms with Crippen molar-refractivity contribution in [3.05, 3.63) is 70.8 Å².